The van der Waals surface area contributed by atoms with Gasteiger partial charge in [-0.15, -0.1) is 5.10 Å². The van der Waals surface area contributed by atoms with E-state index in [1.165, 1.54) is 44.6 Å². The zero-order chi connectivity index (χ0) is 15.2. The summed E-state index contributed by atoms with van der Waals surface area (Å²) >= 11 is 0. The van der Waals surface area contributed by atoms with Crippen molar-refractivity contribution in [3.63, 3.8) is 0 Å². The van der Waals surface area contributed by atoms with Gasteiger partial charge in [0.05, 0.1) is 32.1 Å². The Labute approximate surface area is 124 Å². The molecular weight excluding hydrogens is 274 g/mol. The van der Waals surface area contributed by atoms with Crippen molar-refractivity contribution >= 4 is 5.97 Å². The number of aliphatic hydroxyl groups is 1. The number of nitrogens with zero attached hydrogens (tertiary/aromatic N) is 3. The number of ether oxygens (including phenoxy) is 2. The first-order valence-electron chi connectivity index (χ1n) is 7.33. The van der Waals surface area contributed by atoms with Crippen LogP contribution in [0, 0.1) is 5.92 Å². The van der Waals surface area contributed by atoms with Gasteiger partial charge in [0.15, 0.2) is 5.69 Å². The standard InChI is InChI=1S/C14H23N3O4/c1-20-9-12-13(14(19)21-2)15-16-17(12)8-11(18)7-10-5-3-4-6-10/h10-11,18H,3-9H2,1-2H3. The molecule has 0 bridgehead atoms. The molecule has 1 N–H and O–H groups in total. The van der Waals surface area contributed by atoms with Crippen LogP contribution in [0.2, 0.25) is 0 Å². The Morgan fingerprint density at radius 2 is 2.14 bits per heavy atom. The average Bonchev–Trinajstić information content (AvgIpc) is 3.09. The summed E-state index contributed by atoms with van der Waals surface area (Å²) in [5.74, 6) is 0.0491. The van der Waals surface area contributed by atoms with E-state index in [0.717, 1.165) is 6.42 Å². The van der Waals surface area contributed by atoms with Crippen LogP contribution < -0.4 is 0 Å². The Hall–Kier alpha value is -1.47. The summed E-state index contributed by atoms with van der Waals surface area (Å²) in [5, 5.41) is 18.0. The molecule has 0 spiro atoms. The van der Waals surface area contributed by atoms with Crippen LogP contribution in [0.1, 0.15) is 48.3 Å². The molecule has 21 heavy (non-hydrogen) atoms. The lowest BCUT2D eigenvalue weighted by Gasteiger charge is -2.16. The molecule has 0 saturated heterocycles. The van der Waals surface area contributed by atoms with E-state index in [1.54, 1.807) is 0 Å². The van der Waals surface area contributed by atoms with Crippen LogP contribution >= 0.6 is 0 Å². The van der Waals surface area contributed by atoms with E-state index in [4.69, 9.17) is 4.74 Å². The molecule has 7 nitrogen and oxygen atoms in total. The number of hydrogen-bond donors (Lipinski definition) is 1. The van der Waals surface area contributed by atoms with Crippen molar-refractivity contribution in [2.75, 3.05) is 14.2 Å². The van der Waals surface area contributed by atoms with Crippen LogP contribution in [0.5, 0.6) is 0 Å². The Morgan fingerprint density at radius 1 is 1.43 bits per heavy atom. The van der Waals surface area contributed by atoms with Gasteiger partial charge in [-0.05, 0) is 12.3 Å². The lowest BCUT2D eigenvalue weighted by atomic mass is 10.00. The molecule has 1 saturated carbocycles. The Morgan fingerprint density at radius 3 is 2.76 bits per heavy atom. The Kier molecular flexibility index (Phi) is 5.69. The maximum Gasteiger partial charge on any atom is 0.360 e. The van der Waals surface area contributed by atoms with E-state index in [9.17, 15) is 9.90 Å². The zero-order valence-corrected chi connectivity index (χ0v) is 12.6. The minimum Gasteiger partial charge on any atom is -0.464 e. The highest BCUT2D eigenvalue weighted by atomic mass is 16.5. The van der Waals surface area contributed by atoms with E-state index >= 15 is 0 Å². The smallest absolute Gasteiger partial charge is 0.360 e. The summed E-state index contributed by atoms with van der Waals surface area (Å²) in [6, 6.07) is 0. The van der Waals surface area contributed by atoms with Gasteiger partial charge in [-0.25, -0.2) is 9.48 Å². The van der Waals surface area contributed by atoms with Gasteiger partial charge in [-0.1, -0.05) is 30.9 Å². The van der Waals surface area contributed by atoms with Gasteiger partial charge < -0.3 is 14.6 Å². The normalized spacial score (nSPS) is 17.1. The third kappa shape index (κ3) is 4.01. The van der Waals surface area contributed by atoms with E-state index in [-0.39, 0.29) is 12.3 Å². The van der Waals surface area contributed by atoms with Crippen LogP contribution in [0.3, 0.4) is 0 Å². The van der Waals surface area contributed by atoms with Crippen molar-refractivity contribution in [1.29, 1.82) is 0 Å². The third-order valence-corrected chi connectivity index (χ3v) is 3.96. The molecule has 2 rings (SSSR count). The number of aromatic nitrogens is 3. The molecule has 1 aliphatic rings. The van der Waals surface area contributed by atoms with Crippen LogP contribution in [0.4, 0.5) is 0 Å². The van der Waals surface area contributed by atoms with Gasteiger partial charge in [-0.3, -0.25) is 0 Å². The molecule has 1 fully saturated rings. The van der Waals surface area contributed by atoms with E-state index in [1.807, 2.05) is 0 Å². The van der Waals surface area contributed by atoms with Gasteiger partial charge >= 0.3 is 5.97 Å². The highest BCUT2D eigenvalue weighted by molar-refractivity contribution is 5.88. The molecule has 118 valence electrons. The molecule has 1 aromatic rings. The Balaban J connectivity index is 2.04. The minimum absolute atomic E-state index is 0.146. The molecule has 1 heterocycles. The maximum absolute atomic E-state index is 11.6. The number of methoxy groups -OCH3 is 2. The zero-order valence-electron chi connectivity index (χ0n) is 12.6. The summed E-state index contributed by atoms with van der Waals surface area (Å²) in [6.07, 6.45) is 5.15. The summed E-state index contributed by atoms with van der Waals surface area (Å²) in [6.45, 7) is 0.521. The predicted molar refractivity (Wildman–Crippen MR) is 74.7 cm³/mol. The molecule has 0 aliphatic heterocycles. The first-order valence-corrected chi connectivity index (χ1v) is 7.33. The van der Waals surface area contributed by atoms with Crippen molar-refractivity contribution < 1.29 is 19.4 Å². The molecular formula is C14H23N3O4. The number of esters is 1. The molecule has 1 aliphatic carbocycles. The first kappa shape index (κ1) is 15.9. The number of carbonyl (C=O) groups is 1. The van der Waals surface area contributed by atoms with Crippen molar-refractivity contribution in [3.05, 3.63) is 11.4 Å². The lowest BCUT2D eigenvalue weighted by molar-refractivity contribution is 0.0587. The second-order valence-electron chi connectivity index (χ2n) is 5.53. The van der Waals surface area contributed by atoms with Crippen LogP contribution in [-0.2, 0) is 22.6 Å². The fourth-order valence-corrected chi connectivity index (χ4v) is 2.92. The molecule has 7 heteroatoms. The monoisotopic (exact) mass is 297 g/mol. The summed E-state index contributed by atoms with van der Waals surface area (Å²) in [5.41, 5.74) is 0.683. The predicted octanol–water partition coefficient (Wildman–Crippen LogP) is 1.15. The molecule has 1 unspecified atom stereocenters. The van der Waals surface area contributed by atoms with Crippen molar-refractivity contribution in [3.8, 4) is 0 Å². The molecule has 1 aromatic heterocycles. The molecule has 1 atom stereocenters. The Bertz CT molecular complexity index is 469. The van der Waals surface area contributed by atoms with E-state index in [2.05, 4.69) is 15.0 Å². The highest BCUT2D eigenvalue weighted by Gasteiger charge is 2.23. The SMILES string of the molecule is COCc1c(C(=O)OC)nnn1CC(O)CC1CCCC1. The van der Waals surface area contributed by atoms with Gasteiger partial charge in [0, 0.05) is 7.11 Å². The van der Waals surface area contributed by atoms with E-state index < -0.39 is 12.1 Å². The van der Waals surface area contributed by atoms with Gasteiger partial charge in [-0.2, -0.15) is 0 Å². The van der Waals surface area contributed by atoms with Crippen LogP contribution in [-0.4, -0.2) is 46.4 Å². The second-order valence-corrected chi connectivity index (χ2v) is 5.53. The summed E-state index contributed by atoms with van der Waals surface area (Å²) in [7, 11) is 2.83. The van der Waals surface area contributed by atoms with Crippen molar-refractivity contribution in [2.24, 2.45) is 5.92 Å². The molecule has 0 amide bonds. The van der Waals surface area contributed by atoms with E-state index in [0.29, 0.717) is 18.2 Å². The highest BCUT2D eigenvalue weighted by Crippen LogP contribution is 2.28. The summed E-state index contributed by atoms with van der Waals surface area (Å²) < 4.78 is 11.3. The summed E-state index contributed by atoms with van der Waals surface area (Å²) in [4.78, 5) is 11.6. The van der Waals surface area contributed by atoms with Gasteiger partial charge in [0.1, 0.15) is 0 Å². The van der Waals surface area contributed by atoms with Gasteiger partial charge in [0.25, 0.3) is 0 Å². The minimum atomic E-state index is -0.543. The van der Waals surface area contributed by atoms with Crippen molar-refractivity contribution in [1.82, 2.24) is 15.0 Å². The van der Waals surface area contributed by atoms with Crippen LogP contribution in [0.15, 0.2) is 0 Å². The average molecular weight is 297 g/mol. The number of hydrogen-bond acceptors (Lipinski definition) is 6. The van der Waals surface area contributed by atoms with Crippen molar-refractivity contribution in [2.45, 2.75) is 51.4 Å². The van der Waals surface area contributed by atoms with Crippen LogP contribution in [0.25, 0.3) is 0 Å². The number of carbonyl (C=O) groups excluding carboxylic acids is 1. The molecule has 0 radical (unpaired) electrons. The first-order chi connectivity index (χ1) is 10.2. The number of aliphatic hydroxyl groups excluding tert-OH is 1. The van der Waals surface area contributed by atoms with Gasteiger partial charge in [0.2, 0.25) is 0 Å². The quantitative estimate of drug-likeness (QED) is 0.760. The molecule has 0 aromatic carbocycles. The largest absolute Gasteiger partial charge is 0.464 e. The fraction of sp³-hybridized carbons (Fsp3) is 0.786. The maximum atomic E-state index is 11.6. The number of rotatable bonds is 7. The lowest BCUT2D eigenvalue weighted by Crippen LogP contribution is -2.22. The third-order valence-electron chi connectivity index (χ3n) is 3.96. The topological polar surface area (TPSA) is 86.5 Å². The second kappa shape index (κ2) is 7.51. The fourth-order valence-electron chi connectivity index (χ4n) is 2.92.